The van der Waals surface area contributed by atoms with Crippen molar-refractivity contribution in [1.29, 1.82) is 0 Å². The molecule has 0 aliphatic carbocycles. The van der Waals surface area contributed by atoms with Gasteiger partial charge in [-0.2, -0.15) is 5.43 Å². The van der Waals surface area contributed by atoms with Gasteiger partial charge in [-0.3, -0.25) is 10.2 Å². The lowest BCUT2D eigenvalue weighted by molar-refractivity contribution is -0.931. The van der Waals surface area contributed by atoms with Crippen molar-refractivity contribution in [1.82, 2.24) is 10.9 Å². The molecule has 0 saturated heterocycles. The predicted octanol–water partition coefficient (Wildman–Crippen LogP) is 1.80. The first kappa shape index (κ1) is 16.1. The molecule has 17 heavy (non-hydrogen) atoms. The van der Waals surface area contributed by atoms with E-state index in [1.807, 2.05) is 0 Å². The Morgan fingerprint density at radius 2 is 1.59 bits per heavy atom. The lowest BCUT2D eigenvalue weighted by Gasteiger charge is -2.38. The van der Waals surface area contributed by atoms with E-state index >= 15 is 0 Å². The smallest absolute Gasteiger partial charge is 0.257 e. The van der Waals surface area contributed by atoms with Crippen molar-refractivity contribution in [2.45, 2.75) is 40.0 Å². The number of hydrazine groups is 1. The molecule has 0 aromatic carbocycles. The van der Waals surface area contributed by atoms with Crippen molar-refractivity contribution in [3.63, 3.8) is 0 Å². The molecule has 0 unspecified atom stereocenters. The van der Waals surface area contributed by atoms with Crippen LogP contribution in [0.1, 0.15) is 40.0 Å². The summed E-state index contributed by atoms with van der Waals surface area (Å²) in [5.41, 5.74) is 5.67. The summed E-state index contributed by atoms with van der Waals surface area (Å²) < 4.78 is 1.03. The molecule has 2 N–H and O–H groups in total. The Labute approximate surface area is 106 Å². The van der Waals surface area contributed by atoms with Crippen LogP contribution < -0.4 is 10.9 Å². The highest BCUT2D eigenvalue weighted by Gasteiger charge is 2.24. The SMILES string of the molecule is C=CC(=O)NNC[N+](CCC)(CCC)CCC. The maximum atomic E-state index is 11.1. The average Bonchev–Trinajstić information content (AvgIpc) is 2.30. The number of hydrogen-bond donors (Lipinski definition) is 2. The molecule has 1 amide bonds. The molecular formula is C13H28N3O+. The molecule has 0 spiro atoms. The monoisotopic (exact) mass is 242 g/mol. The van der Waals surface area contributed by atoms with Gasteiger partial charge in [-0.1, -0.05) is 27.4 Å². The van der Waals surface area contributed by atoms with Crippen LogP contribution in [-0.4, -0.2) is 36.7 Å². The zero-order valence-corrected chi connectivity index (χ0v) is 11.6. The quantitative estimate of drug-likeness (QED) is 0.265. The predicted molar refractivity (Wildman–Crippen MR) is 72.1 cm³/mol. The van der Waals surface area contributed by atoms with Crippen LogP contribution in [0.2, 0.25) is 0 Å². The van der Waals surface area contributed by atoms with E-state index in [1.165, 1.54) is 6.08 Å². The topological polar surface area (TPSA) is 41.1 Å². The average molecular weight is 242 g/mol. The summed E-state index contributed by atoms with van der Waals surface area (Å²) >= 11 is 0. The van der Waals surface area contributed by atoms with Crippen molar-refractivity contribution < 1.29 is 9.28 Å². The van der Waals surface area contributed by atoms with Crippen LogP contribution in [0, 0.1) is 0 Å². The molecule has 0 heterocycles. The summed E-state index contributed by atoms with van der Waals surface area (Å²) in [6.45, 7) is 14.3. The highest BCUT2D eigenvalue weighted by Crippen LogP contribution is 2.09. The maximum absolute atomic E-state index is 11.1. The number of amides is 1. The van der Waals surface area contributed by atoms with Crippen LogP contribution in [0.4, 0.5) is 0 Å². The Kier molecular flexibility index (Phi) is 8.72. The number of rotatable bonds is 10. The van der Waals surface area contributed by atoms with Gasteiger partial charge in [-0.05, 0) is 25.3 Å². The van der Waals surface area contributed by atoms with Gasteiger partial charge in [-0.15, -0.1) is 0 Å². The highest BCUT2D eigenvalue weighted by molar-refractivity contribution is 5.86. The maximum Gasteiger partial charge on any atom is 0.257 e. The third-order valence-corrected chi connectivity index (χ3v) is 2.91. The van der Waals surface area contributed by atoms with Crippen molar-refractivity contribution in [2.75, 3.05) is 26.3 Å². The van der Waals surface area contributed by atoms with E-state index in [1.54, 1.807) is 0 Å². The van der Waals surface area contributed by atoms with Crippen LogP contribution in [0.5, 0.6) is 0 Å². The zero-order chi connectivity index (χ0) is 13.1. The molecular weight excluding hydrogens is 214 g/mol. The van der Waals surface area contributed by atoms with Crippen molar-refractivity contribution >= 4 is 5.91 Å². The van der Waals surface area contributed by atoms with Crippen molar-refractivity contribution in [3.05, 3.63) is 12.7 Å². The van der Waals surface area contributed by atoms with Gasteiger partial charge in [0.05, 0.1) is 19.6 Å². The minimum atomic E-state index is -0.174. The molecule has 0 rings (SSSR count). The number of carbonyl (C=O) groups excluding carboxylic acids is 1. The normalized spacial score (nSPS) is 11.2. The van der Waals surface area contributed by atoms with Crippen molar-refractivity contribution in [2.24, 2.45) is 0 Å². The fourth-order valence-electron chi connectivity index (χ4n) is 2.34. The molecule has 0 saturated carbocycles. The Morgan fingerprint density at radius 3 is 1.94 bits per heavy atom. The third kappa shape index (κ3) is 6.44. The minimum absolute atomic E-state index is 0.174. The molecule has 0 fully saturated rings. The minimum Gasteiger partial charge on any atom is -0.310 e. The van der Waals surface area contributed by atoms with Gasteiger partial charge in [0.2, 0.25) is 0 Å². The first-order valence-electron chi connectivity index (χ1n) is 6.64. The fraction of sp³-hybridized carbons (Fsp3) is 0.769. The Balaban J connectivity index is 4.32. The molecule has 4 heteroatoms. The molecule has 4 nitrogen and oxygen atoms in total. The van der Waals surface area contributed by atoms with Gasteiger partial charge in [-0.25, -0.2) is 0 Å². The van der Waals surface area contributed by atoms with Crippen LogP contribution in [0.3, 0.4) is 0 Å². The lowest BCUT2D eigenvalue weighted by Crippen LogP contribution is -2.57. The zero-order valence-electron chi connectivity index (χ0n) is 11.6. The van der Waals surface area contributed by atoms with E-state index in [9.17, 15) is 4.79 Å². The molecule has 0 atom stereocenters. The van der Waals surface area contributed by atoms with Crippen LogP contribution >= 0.6 is 0 Å². The first-order valence-corrected chi connectivity index (χ1v) is 6.64. The second-order valence-electron chi connectivity index (χ2n) is 4.54. The summed E-state index contributed by atoms with van der Waals surface area (Å²) in [5.74, 6) is -0.174. The van der Waals surface area contributed by atoms with Crippen molar-refractivity contribution in [3.8, 4) is 0 Å². The van der Waals surface area contributed by atoms with Crippen LogP contribution in [0.15, 0.2) is 12.7 Å². The lowest BCUT2D eigenvalue weighted by atomic mass is 10.2. The molecule has 0 radical (unpaired) electrons. The molecule has 0 bridgehead atoms. The Hall–Kier alpha value is -0.870. The van der Waals surface area contributed by atoms with Gasteiger partial charge in [0.15, 0.2) is 0 Å². The van der Waals surface area contributed by atoms with E-state index in [2.05, 4.69) is 38.2 Å². The second-order valence-corrected chi connectivity index (χ2v) is 4.54. The summed E-state index contributed by atoms with van der Waals surface area (Å²) in [4.78, 5) is 11.1. The van der Waals surface area contributed by atoms with Gasteiger partial charge < -0.3 is 4.48 Å². The number of nitrogens with one attached hydrogen (secondary N) is 2. The molecule has 0 aliphatic rings. The molecule has 0 aromatic heterocycles. The molecule has 0 aliphatic heterocycles. The van der Waals surface area contributed by atoms with E-state index < -0.39 is 0 Å². The molecule has 0 aromatic rings. The Morgan fingerprint density at radius 1 is 1.12 bits per heavy atom. The van der Waals surface area contributed by atoms with Gasteiger partial charge in [0.1, 0.15) is 6.67 Å². The summed E-state index contributed by atoms with van der Waals surface area (Å²) in [6, 6.07) is 0. The van der Waals surface area contributed by atoms with Crippen LogP contribution in [-0.2, 0) is 4.79 Å². The van der Waals surface area contributed by atoms with E-state index in [-0.39, 0.29) is 5.91 Å². The second kappa shape index (κ2) is 9.19. The third-order valence-electron chi connectivity index (χ3n) is 2.91. The van der Waals surface area contributed by atoms with E-state index in [4.69, 9.17) is 0 Å². The standard InChI is InChI=1S/C13H27N3O/c1-5-9-16(10-6-2,11-7-3)12-14-15-13(17)8-4/h8,14H,4-7,9-12H2,1-3H3/p+1. The summed E-state index contributed by atoms with van der Waals surface area (Å²) in [6.07, 6.45) is 4.77. The van der Waals surface area contributed by atoms with Gasteiger partial charge in [0.25, 0.3) is 5.91 Å². The molecule has 100 valence electrons. The van der Waals surface area contributed by atoms with Gasteiger partial charge in [0, 0.05) is 0 Å². The number of carbonyl (C=O) groups is 1. The van der Waals surface area contributed by atoms with Crippen LogP contribution in [0.25, 0.3) is 0 Å². The largest absolute Gasteiger partial charge is 0.310 e. The van der Waals surface area contributed by atoms with E-state index in [0.717, 1.165) is 50.0 Å². The van der Waals surface area contributed by atoms with E-state index in [0.29, 0.717) is 0 Å². The first-order chi connectivity index (χ1) is 8.14. The summed E-state index contributed by atoms with van der Waals surface area (Å²) in [5, 5.41) is 0. The summed E-state index contributed by atoms with van der Waals surface area (Å²) in [7, 11) is 0. The fourth-order valence-corrected chi connectivity index (χ4v) is 2.34. The number of quaternary nitrogens is 1. The highest BCUT2D eigenvalue weighted by atomic mass is 16.2. The number of nitrogens with zero attached hydrogens (tertiary/aromatic N) is 1. The van der Waals surface area contributed by atoms with Gasteiger partial charge >= 0.3 is 0 Å². The number of hydrogen-bond acceptors (Lipinski definition) is 2. The Bertz CT molecular complexity index is 212.